The number of hydrogen-bond acceptors (Lipinski definition) is 0. The Labute approximate surface area is 126 Å². The Morgan fingerprint density at radius 1 is 0.714 bits per heavy atom. The van der Waals surface area contributed by atoms with E-state index in [2.05, 4.69) is 92.3 Å². The lowest BCUT2D eigenvalue weighted by Crippen LogP contribution is -2.31. The van der Waals surface area contributed by atoms with Crippen molar-refractivity contribution in [3.63, 3.8) is 0 Å². The molecule has 0 aliphatic rings. The van der Waals surface area contributed by atoms with Crippen LogP contribution in [0.2, 0.25) is 0 Å². The van der Waals surface area contributed by atoms with Crippen molar-refractivity contribution in [1.29, 1.82) is 0 Å². The monoisotopic (exact) mass is 274 g/mol. The van der Waals surface area contributed by atoms with Gasteiger partial charge in [0, 0.05) is 17.2 Å². The summed E-state index contributed by atoms with van der Waals surface area (Å²) in [5.41, 5.74) is 7.78. The zero-order valence-corrected chi connectivity index (χ0v) is 12.8. The highest BCUT2D eigenvalue weighted by molar-refractivity contribution is 5.75. The molecule has 1 aromatic heterocycles. The highest BCUT2D eigenvalue weighted by atomic mass is 14.9. The van der Waals surface area contributed by atoms with Crippen molar-refractivity contribution >= 4 is 0 Å². The van der Waals surface area contributed by atoms with Crippen molar-refractivity contribution in [2.24, 2.45) is 7.05 Å². The lowest BCUT2D eigenvalue weighted by molar-refractivity contribution is -0.660. The van der Waals surface area contributed by atoms with E-state index >= 15 is 0 Å². The topological polar surface area (TPSA) is 3.88 Å². The van der Waals surface area contributed by atoms with Crippen molar-refractivity contribution in [3.05, 3.63) is 78.0 Å². The van der Waals surface area contributed by atoms with E-state index in [0.717, 1.165) is 0 Å². The average Bonchev–Trinajstić information content (AvgIpc) is 2.50. The van der Waals surface area contributed by atoms with Gasteiger partial charge in [-0.3, -0.25) is 0 Å². The van der Waals surface area contributed by atoms with Gasteiger partial charge in [-0.25, -0.2) is 4.57 Å². The van der Waals surface area contributed by atoms with Gasteiger partial charge in [0.15, 0.2) is 6.20 Å². The zero-order valence-electron chi connectivity index (χ0n) is 12.8. The summed E-state index contributed by atoms with van der Waals surface area (Å²) >= 11 is 0. The molecule has 2 aromatic carbocycles. The molecule has 0 amide bonds. The van der Waals surface area contributed by atoms with E-state index in [1.165, 1.54) is 33.5 Å². The Kier molecular flexibility index (Phi) is 3.57. The molecule has 0 aliphatic carbocycles. The summed E-state index contributed by atoms with van der Waals surface area (Å²) in [5, 5.41) is 0. The highest BCUT2D eigenvalue weighted by Gasteiger charge is 2.18. The van der Waals surface area contributed by atoms with Gasteiger partial charge >= 0.3 is 0 Å². The maximum absolute atomic E-state index is 2.21. The maximum Gasteiger partial charge on any atom is 0.216 e. The number of aromatic nitrogens is 1. The van der Waals surface area contributed by atoms with E-state index in [0.29, 0.717) is 0 Å². The average molecular weight is 274 g/mol. The summed E-state index contributed by atoms with van der Waals surface area (Å²) in [6, 6.07) is 21.4. The lowest BCUT2D eigenvalue weighted by atomic mass is 9.95. The SMILES string of the molecule is Cc1ccccc1-c1c(C)c(-c2ccccc2)cc[n+]1C. The van der Waals surface area contributed by atoms with Gasteiger partial charge in [0.25, 0.3) is 0 Å². The molecule has 0 saturated heterocycles. The summed E-state index contributed by atoms with van der Waals surface area (Å²) in [5.74, 6) is 0. The van der Waals surface area contributed by atoms with Crippen molar-refractivity contribution < 1.29 is 4.57 Å². The summed E-state index contributed by atoms with van der Waals surface area (Å²) in [6.07, 6.45) is 2.15. The fourth-order valence-electron chi connectivity index (χ4n) is 2.94. The van der Waals surface area contributed by atoms with E-state index in [4.69, 9.17) is 0 Å². The Morgan fingerprint density at radius 2 is 1.38 bits per heavy atom. The second kappa shape index (κ2) is 5.53. The third kappa shape index (κ3) is 2.47. The molecule has 0 spiro atoms. The predicted octanol–water partition coefficient (Wildman–Crippen LogP) is 4.46. The number of benzene rings is 2. The third-order valence-electron chi connectivity index (χ3n) is 4.06. The molecule has 1 nitrogen and oxygen atoms in total. The summed E-state index contributed by atoms with van der Waals surface area (Å²) < 4.78 is 2.21. The molecule has 0 fully saturated rings. The minimum Gasteiger partial charge on any atom is -0.201 e. The van der Waals surface area contributed by atoms with Crippen LogP contribution in [-0.2, 0) is 7.05 Å². The maximum atomic E-state index is 2.21. The molecule has 3 aromatic rings. The number of hydrogen-bond donors (Lipinski definition) is 0. The van der Waals surface area contributed by atoms with Crippen LogP contribution >= 0.6 is 0 Å². The number of aryl methyl sites for hydroxylation is 2. The van der Waals surface area contributed by atoms with Crippen LogP contribution in [-0.4, -0.2) is 0 Å². The predicted molar refractivity (Wildman–Crippen MR) is 88.0 cm³/mol. The Balaban J connectivity index is 2.25. The first-order chi connectivity index (χ1) is 10.2. The fraction of sp³-hybridized carbons (Fsp3) is 0.150. The number of nitrogens with zero attached hydrogens (tertiary/aromatic N) is 1. The Bertz CT molecular complexity index is 773. The molecule has 3 rings (SSSR count). The Morgan fingerprint density at radius 3 is 2.10 bits per heavy atom. The van der Waals surface area contributed by atoms with Crippen LogP contribution in [0.15, 0.2) is 66.9 Å². The quantitative estimate of drug-likeness (QED) is 0.607. The second-order valence-electron chi connectivity index (χ2n) is 5.49. The molecular weight excluding hydrogens is 254 g/mol. The van der Waals surface area contributed by atoms with Gasteiger partial charge in [-0.05, 0) is 36.6 Å². The van der Waals surface area contributed by atoms with E-state index in [9.17, 15) is 0 Å². The van der Waals surface area contributed by atoms with Crippen molar-refractivity contribution in [2.45, 2.75) is 13.8 Å². The van der Waals surface area contributed by atoms with E-state index in [-0.39, 0.29) is 0 Å². The smallest absolute Gasteiger partial charge is 0.201 e. The van der Waals surface area contributed by atoms with Gasteiger partial charge in [0.05, 0.1) is 0 Å². The van der Waals surface area contributed by atoms with E-state index in [1.807, 2.05) is 0 Å². The van der Waals surface area contributed by atoms with Crippen LogP contribution in [0.3, 0.4) is 0 Å². The first-order valence-corrected chi connectivity index (χ1v) is 7.29. The molecule has 21 heavy (non-hydrogen) atoms. The fourth-order valence-corrected chi connectivity index (χ4v) is 2.94. The van der Waals surface area contributed by atoms with Gasteiger partial charge in [-0.1, -0.05) is 48.5 Å². The van der Waals surface area contributed by atoms with Gasteiger partial charge < -0.3 is 0 Å². The number of rotatable bonds is 2. The summed E-state index contributed by atoms with van der Waals surface area (Å²) in [7, 11) is 2.11. The molecule has 0 radical (unpaired) electrons. The minimum atomic E-state index is 1.27. The van der Waals surface area contributed by atoms with Crippen LogP contribution < -0.4 is 4.57 Å². The molecule has 1 heterocycles. The molecule has 0 aliphatic heterocycles. The van der Waals surface area contributed by atoms with Crippen LogP contribution in [0.4, 0.5) is 0 Å². The van der Waals surface area contributed by atoms with Crippen LogP contribution in [0, 0.1) is 13.8 Å². The van der Waals surface area contributed by atoms with Gasteiger partial charge in [-0.2, -0.15) is 0 Å². The molecule has 0 atom stereocenters. The van der Waals surface area contributed by atoms with Crippen LogP contribution in [0.5, 0.6) is 0 Å². The van der Waals surface area contributed by atoms with E-state index < -0.39 is 0 Å². The van der Waals surface area contributed by atoms with Crippen molar-refractivity contribution in [1.82, 2.24) is 0 Å². The highest BCUT2D eigenvalue weighted by Crippen LogP contribution is 2.30. The molecule has 0 bridgehead atoms. The zero-order chi connectivity index (χ0) is 14.8. The first-order valence-electron chi connectivity index (χ1n) is 7.29. The van der Waals surface area contributed by atoms with Crippen molar-refractivity contribution in [2.75, 3.05) is 0 Å². The Hall–Kier alpha value is -2.41. The van der Waals surface area contributed by atoms with Gasteiger partial charge in [0.2, 0.25) is 5.69 Å². The standard InChI is InChI=1S/C20H20N/c1-15-9-7-8-12-18(15)20-16(2)19(13-14-21(20)3)17-10-5-4-6-11-17/h4-14H,1-3H3/q+1. The largest absolute Gasteiger partial charge is 0.216 e. The summed E-state index contributed by atoms with van der Waals surface area (Å²) in [4.78, 5) is 0. The van der Waals surface area contributed by atoms with Crippen LogP contribution in [0.1, 0.15) is 11.1 Å². The van der Waals surface area contributed by atoms with Crippen LogP contribution in [0.25, 0.3) is 22.4 Å². The molecule has 1 heteroatoms. The number of pyridine rings is 1. The molecule has 0 unspecified atom stereocenters. The van der Waals surface area contributed by atoms with Crippen molar-refractivity contribution in [3.8, 4) is 22.4 Å². The molecule has 104 valence electrons. The first kappa shape index (κ1) is 13.6. The second-order valence-corrected chi connectivity index (χ2v) is 5.49. The third-order valence-corrected chi connectivity index (χ3v) is 4.06. The van der Waals surface area contributed by atoms with E-state index in [1.54, 1.807) is 0 Å². The lowest BCUT2D eigenvalue weighted by Gasteiger charge is -2.11. The van der Waals surface area contributed by atoms with Gasteiger partial charge in [0.1, 0.15) is 7.05 Å². The normalized spacial score (nSPS) is 10.6. The van der Waals surface area contributed by atoms with Gasteiger partial charge in [-0.15, -0.1) is 0 Å². The molecular formula is C20H20N+. The molecule has 0 saturated carbocycles. The minimum absolute atomic E-state index is 1.27. The summed E-state index contributed by atoms with van der Waals surface area (Å²) in [6.45, 7) is 4.38. The molecule has 0 N–H and O–H groups in total.